The summed E-state index contributed by atoms with van der Waals surface area (Å²) in [5.74, 6) is -0.348. The zero-order valence-corrected chi connectivity index (χ0v) is 23.7. The van der Waals surface area contributed by atoms with Crippen molar-refractivity contribution in [2.45, 2.75) is 91.1 Å². The minimum atomic E-state index is -3.35. The largest absolute Gasteiger partial charge is 0.381 e. The summed E-state index contributed by atoms with van der Waals surface area (Å²) in [5.41, 5.74) is 5.32. The number of rotatable bonds is 15. The Kier molecular flexibility index (Phi) is 14.3. The fourth-order valence-corrected chi connectivity index (χ4v) is 5.14. The monoisotopic (exact) mass is 512 g/mol. The van der Waals surface area contributed by atoms with Gasteiger partial charge in [0.05, 0.1) is 10.6 Å². The lowest BCUT2D eigenvalue weighted by atomic mass is 10.0. The summed E-state index contributed by atoms with van der Waals surface area (Å²) in [7, 11) is -3.35. The minimum Gasteiger partial charge on any atom is -0.381 e. The quantitative estimate of drug-likeness (QED) is 0.195. The molecular formula is C31H44O4S. The highest BCUT2D eigenvalue weighted by atomic mass is 32.2. The van der Waals surface area contributed by atoms with Gasteiger partial charge in [0.1, 0.15) is 6.10 Å². The molecule has 4 nitrogen and oxygen atoms in total. The van der Waals surface area contributed by atoms with Crippen LogP contribution in [0.3, 0.4) is 0 Å². The van der Waals surface area contributed by atoms with E-state index in [0.717, 1.165) is 42.4 Å². The molecule has 0 fully saturated rings. The van der Waals surface area contributed by atoms with Crippen molar-refractivity contribution >= 4 is 15.6 Å². The predicted molar refractivity (Wildman–Crippen MR) is 152 cm³/mol. The van der Waals surface area contributed by atoms with Crippen molar-refractivity contribution in [3.8, 4) is 0 Å². The average molecular weight is 513 g/mol. The molecule has 0 heterocycles. The first kappa shape index (κ1) is 31.5. The van der Waals surface area contributed by atoms with Crippen LogP contribution in [0.1, 0.15) is 80.1 Å². The molecular weight excluding hydrogens is 468 g/mol. The Balaban J connectivity index is 2.52. The van der Waals surface area contributed by atoms with E-state index in [4.69, 9.17) is 0 Å². The molecule has 0 saturated heterocycles. The van der Waals surface area contributed by atoms with E-state index in [9.17, 15) is 18.3 Å². The van der Waals surface area contributed by atoms with Gasteiger partial charge in [0.2, 0.25) is 0 Å². The predicted octanol–water partition coefficient (Wildman–Crippen LogP) is 7.48. The summed E-state index contributed by atoms with van der Waals surface area (Å²) in [5, 5.41) is 10.3. The second kappa shape index (κ2) is 16.3. The molecule has 0 aliphatic heterocycles. The minimum absolute atomic E-state index is 0.0222. The molecule has 0 aliphatic carbocycles. The van der Waals surface area contributed by atoms with Crippen molar-refractivity contribution in [1.82, 2.24) is 0 Å². The number of aliphatic hydroxyl groups excluding tert-OH is 1. The van der Waals surface area contributed by atoms with Crippen LogP contribution in [0.4, 0.5) is 0 Å². The van der Waals surface area contributed by atoms with E-state index >= 15 is 0 Å². The summed E-state index contributed by atoms with van der Waals surface area (Å²) in [6.07, 6.45) is 13.4. The van der Waals surface area contributed by atoms with Gasteiger partial charge in [-0.05, 0) is 104 Å². The molecule has 5 heteroatoms. The highest BCUT2D eigenvalue weighted by Gasteiger charge is 2.14. The Morgan fingerprint density at radius 1 is 0.778 bits per heavy atom. The van der Waals surface area contributed by atoms with Gasteiger partial charge in [0, 0.05) is 0 Å². The number of ketones is 1. The smallest absolute Gasteiger partial charge is 0.187 e. The van der Waals surface area contributed by atoms with Gasteiger partial charge in [-0.15, -0.1) is 0 Å². The number of hydrogen-bond acceptors (Lipinski definition) is 4. The topological polar surface area (TPSA) is 71.4 Å². The van der Waals surface area contributed by atoms with Gasteiger partial charge < -0.3 is 5.11 Å². The van der Waals surface area contributed by atoms with Gasteiger partial charge in [-0.1, -0.05) is 64.3 Å². The van der Waals surface area contributed by atoms with Crippen molar-refractivity contribution in [1.29, 1.82) is 0 Å². The first-order valence-corrected chi connectivity index (χ1v) is 14.3. The lowest BCUT2D eigenvalue weighted by Crippen LogP contribution is -2.16. The fourth-order valence-electron chi connectivity index (χ4n) is 3.69. The first-order valence-electron chi connectivity index (χ1n) is 12.7. The van der Waals surface area contributed by atoms with E-state index in [0.29, 0.717) is 17.7 Å². The molecule has 1 rings (SSSR count). The lowest BCUT2D eigenvalue weighted by Gasteiger charge is -2.07. The van der Waals surface area contributed by atoms with Crippen molar-refractivity contribution < 1.29 is 18.3 Å². The highest BCUT2D eigenvalue weighted by Crippen LogP contribution is 2.16. The van der Waals surface area contributed by atoms with E-state index in [1.165, 1.54) is 17.2 Å². The molecule has 0 saturated carbocycles. The maximum Gasteiger partial charge on any atom is 0.187 e. The third-order valence-corrected chi connectivity index (χ3v) is 7.62. The number of carbonyl (C=O) groups excluding carboxylic acids is 1. The Morgan fingerprint density at radius 2 is 1.31 bits per heavy atom. The van der Waals surface area contributed by atoms with Crippen LogP contribution in [0.25, 0.3) is 0 Å². The normalized spacial score (nSPS) is 14.5. The molecule has 0 bridgehead atoms. The van der Waals surface area contributed by atoms with Gasteiger partial charge in [-0.3, -0.25) is 4.79 Å². The number of aliphatic hydroxyl groups is 1. The van der Waals surface area contributed by atoms with Gasteiger partial charge in [-0.2, -0.15) is 0 Å². The molecule has 1 atom stereocenters. The zero-order valence-electron chi connectivity index (χ0n) is 22.9. The van der Waals surface area contributed by atoms with Crippen LogP contribution >= 0.6 is 0 Å². The zero-order chi connectivity index (χ0) is 27.1. The molecule has 1 N–H and O–H groups in total. The van der Waals surface area contributed by atoms with E-state index in [1.54, 1.807) is 36.4 Å². The van der Waals surface area contributed by atoms with Gasteiger partial charge >= 0.3 is 0 Å². The van der Waals surface area contributed by atoms with Crippen LogP contribution in [-0.2, 0) is 14.6 Å². The molecule has 0 spiro atoms. The summed E-state index contributed by atoms with van der Waals surface area (Å²) in [6, 6.07) is 8.43. The molecule has 1 unspecified atom stereocenters. The summed E-state index contributed by atoms with van der Waals surface area (Å²) in [4.78, 5) is 12.7. The fraction of sp³-hybridized carbons (Fsp3) is 0.452. The van der Waals surface area contributed by atoms with E-state index in [1.807, 2.05) is 26.8 Å². The number of allylic oxidation sites excluding steroid dienone is 7. The highest BCUT2D eigenvalue weighted by molar-refractivity contribution is 7.91. The average Bonchev–Trinajstić information content (AvgIpc) is 2.79. The van der Waals surface area contributed by atoms with Crippen LogP contribution < -0.4 is 0 Å². The Hall–Kier alpha value is -2.50. The van der Waals surface area contributed by atoms with E-state index < -0.39 is 15.9 Å². The summed E-state index contributed by atoms with van der Waals surface area (Å²) < 4.78 is 25.0. The molecule has 1 aromatic carbocycles. The number of sulfone groups is 1. The molecule has 198 valence electrons. The SMILES string of the molecule is CC(C)=CCC/C(C)=C/CC/C(C)=C/C(O)C(=O)/C=C(\C)CC/C=C(\C)CS(=O)(=O)c1ccccc1. The molecule has 0 aliphatic rings. The maximum atomic E-state index is 12.5. The van der Waals surface area contributed by atoms with Crippen LogP contribution in [0.2, 0.25) is 0 Å². The Morgan fingerprint density at radius 3 is 1.92 bits per heavy atom. The maximum absolute atomic E-state index is 12.5. The van der Waals surface area contributed by atoms with Crippen molar-refractivity contribution in [3.05, 3.63) is 88.6 Å². The molecule has 1 aromatic rings. The van der Waals surface area contributed by atoms with Gasteiger partial charge in [-0.25, -0.2) is 8.42 Å². The van der Waals surface area contributed by atoms with Crippen molar-refractivity contribution in [3.63, 3.8) is 0 Å². The Labute approximate surface area is 219 Å². The van der Waals surface area contributed by atoms with E-state index in [-0.39, 0.29) is 11.5 Å². The molecule has 0 radical (unpaired) electrons. The molecule has 0 aromatic heterocycles. The standard InChI is InChI=1S/C31H44O4S/c1-24(2)13-10-14-25(3)15-11-16-26(4)21-30(32)31(33)22-27(5)17-12-18-28(6)23-36(34,35)29-19-8-7-9-20-29/h7-9,13,15,18-22,30,32H,10-12,14,16-17,23H2,1-6H3/b25-15+,26-21+,27-22+,28-18+. The van der Waals surface area contributed by atoms with Crippen molar-refractivity contribution in [2.75, 3.05) is 5.75 Å². The molecule has 36 heavy (non-hydrogen) atoms. The lowest BCUT2D eigenvalue weighted by molar-refractivity contribution is -0.120. The van der Waals surface area contributed by atoms with Crippen molar-refractivity contribution in [2.24, 2.45) is 0 Å². The second-order valence-corrected chi connectivity index (χ2v) is 11.9. The molecule has 0 amide bonds. The Bertz CT molecular complexity index is 1100. The third-order valence-electron chi connectivity index (χ3n) is 5.80. The number of benzene rings is 1. The van der Waals surface area contributed by atoms with Gasteiger partial charge in [0.25, 0.3) is 0 Å². The first-order chi connectivity index (χ1) is 16.9. The van der Waals surface area contributed by atoms with Crippen LogP contribution in [0, 0.1) is 0 Å². The number of hydrogen-bond donors (Lipinski definition) is 1. The summed E-state index contributed by atoms with van der Waals surface area (Å²) in [6.45, 7) is 12.0. The van der Waals surface area contributed by atoms with Gasteiger partial charge in [0.15, 0.2) is 15.6 Å². The van der Waals surface area contributed by atoms with Crippen LogP contribution in [0.5, 0.6) is 0 Å². The number of carbonyl (C=O) groups is 1. The second-order valence-electron chi connectivity index (χ2n) is 9.92. The third kappa shape index (κ3) is 13.6. The van der Waals surface area contributed by atoms with Crippen LogP contribution in [0.15, 0.2) is 93.5 Å². The van der Waals surface area contributed by atoms with Crippen LogP contribution in [-0.4, -0.2) is 31.2 Å². The summed E-state index contributed by atoms with van der Waals surface area (Å²) >= 11 is 0. The van der Waals surface area contributed by atoms with E-state index in [2.05, 4.69) is 32.9 Å².